The molecule has 0 spiro atoms. The molecule has 0 unspecified atom stereocenters. The van der Waals surface area contributed by atoms with E-state index in [0.717, 1.165) is 22.0 Å². The van der Waals surface area contributed by atoms with Crippen molar-refractivity contribution in [3.63, 3.8) is 0 Å². The molecular weight excluding hydrogens is 426 g/mol. The van der Waals surface area contributed by atoms with E-state index in [1.54, 1.807) is 13.4 Å². The van der Waals surface area contributed by atoms with E-state index in [0.29, 0.717) is 35.7 Å². The molecule has 160 valence electrons. The lowest BCUT2D eigenvalue weighted by molar-refractivity contribution is 0.415. The summed E-state index contributed by atoms with van der Waals surface area (Å²) < 4.78 is 18.6. The smallest absolute Gasteiger partial charge is 0.247 e. The molecule has 3 heterocycles. The van der Waals surface area contributed by atoms with Crippen LogP contribution in [0.15, 0.2) is 87.0 Å². The molecule has 32 heavy (non-hydrogen) atoms. The van der Waals surface area contributed by atoms with Crippen LogP contribution in [0.3, 0.4) is 0 Å². The Hall–Kier alpha value is -3.85. The van der Waals surface area contributed by atoms with Gasteiger partial charge in [0, 0.05) is 5.56 Å². The fourth-order valence-corrected chi connectivity index (χ4v) is 3.96. The Morgan fingerprint density at radius 3 is 2.50 bits per heavy atom. The van der Waals surface area contributed by atoms with Crippen LogP contribution in [-0.4, -0.2) is 32.1 Å². The summed E-state index contributed by atoms with van der Waals surface area (Å²) in [6.07, 6.45) is 1.63. The average molecular weight is 446 g/mol. The highest BCUT2D eigenvalue weighted by Gasteiger charge is 2.18. The monoisotopic (exact) mass is 445 g/mol. The van der Waals surface area contributed by atoms with E-state index < -0.39 is 0 Å². The van der Waals surface area contributed by atoms with Crippen molar-refractivity contribution in [1.82, 2.24) is 25.0 Å². The van der Waals surface area contributed by atoms with Crippen molar-refractivity contribution in [3.8, 4) is 28.8 Å². The standard InChI is InChI=1S/C23H19N5O3S/c1-29-18-11-9-17(10-12-18)22-26-24-20(31-22)15-32-23-27-25-21(19-8-5-13-30-19)28(23)14-16-6-3-2-4-7-16/h2-13H,14-15H2,1H3. The molecule has 0 saturated heterocycles. The van der Waals surface area contributed by atoms with Gasteiger partial charge in [-0.25, -0.2) is 0 Å². The van der Waals surface area contributed by atoms with Crippen LogP contribution in [0.25, 0.3) is 23.0 Å². The van der Waals surface area contributed by atoms with Crippen LogP contribution in [-0.2, 0) is 12.3 Å². The second kappa shape index (κ2) is 9.11. The minimum absolute atomic E-state index is 0.463. The van der Waals surface area contributed by atoms with Crippen LogP contribution in [0.1, 0.15) is 11.5 Å². The maximum absolute atomic E-state index is 5.84. The quantitative estimate of drug-likeness (QED) is 0.310. The summed E-state index contributed by atoms with van der Waals surface area (Å²) in [6.45, 7) is 0.618. The predicted octanol–water partition coefficient (Wildman–Crippen LogP) is 4.94. The first kappa shape index (κ1) is 20.1. The van der Waals surface area contributed by atoms with Crippen LogP contribution >= 0.6 is 11.8 Å². The minimum Gasteiger partial charge on any atom is -0.497 e. The highest BCUT2D eigenvalue weighted by atomic mass is 32.2. The molecular formula is C23H19N5O3S. The summed E-state index contributed by atoms with van der Waals surface area (Å²) in [5.41, 5.74) is 1.98. The molecule has 0 atom stereocenters. The van der Waals surface area contributed by atoms with Crippen LogP contribution in [0.2, 0.25) is 0 Å². The molecule has 0 bridgehead atoms. The molecule has 5 aromatic rings. The lowest BCUT2D eigenvalue weighted by atomic mass is 10.2. The van der Waals surface area contributed by atoms with Crippen molar-refractivity contribution < 1.29 is 13.6 Å². The number of thioether (sulfide) groups is 1. The average Bonchev–Trinajstić information content (AvgIpc) is 3.60. The lowest BCUT2D eigenvalue weighted by Gasteiger charge is -2.08. The van der Waals surface area contributed by atoms with Crippen molar-refractivity contribution in [2.75, 3.05) is 7.11 Å². The Morgan fingerprint density at radius 2 is 1.75 bits per heavy atom. The summed E-state index contributed by atoms with van der Waals surface area (Å²) in [5.74, 6) is 3.55. The van der Waals surface area contributed by atoms with Gasteiger partial charge in [-0.15, -0.1) is 20.4 Å². The molecule has 2 aromatic carbocycles. The van der Waals surface area contributed by atoms with Crippen molar-refractivity contribution in [3.05, 3.63) is 84.4 Å². The van der Waals surface area contributed by atoms with Gasteiger partial charge in [0.2, 0.25) is 17.6 Å². The Balaban J connectivity index is 1.36. The molecule has 0 fully saturated rings. The predicted molar refractivity (Wildman–Crippen MR) is 119 cm³/mol. The summed E-state index contributed by atoms with van der Waals surface area (Å²) in [7, 11) is 1.63. The largest absolute Gasteiger partial charge is 0.497 e. The summed E-state index contributed by atoms with van der Waals surface area (Å²) >= 11 is 1.48. The SMILES string of the molecule is COc1ccc(-c2nnc(CSc3nnc(-c4ccco4)n3Cc3ccccc3)o2)cc1. The van der Waals surface area contributed by atoms with E-state index >= 15 is 0 Å². The lowest BCUT2D eigenvalue weighted by Crippen LogP contribution is -2.04. The molecule has 0 saturated carbocycles. The van der Waals surface area contributed by atoms with Gasteiger partial charge in [0.1, 0.15) is 5.75 Å². The van der Waals surface area contributed by atoms with Crippen LogP contribution in [0.5, 0.6) is 5.75 Å². The van der Waals surface area contributed by atoms with E-state index in [9.17, 15) is 0 Å². The topological polar surface area (TPSA) is 92.0 Å². The number of nitrogens with zero attached hydrogens (tertiary/aromatic N) is 5. The molecule has 0 N–H and O–H groups in total. The first-order chi connectivity index (χ1) is 15.8. The van der Waals surface area contributed by atoms with E-state index in [4.69, 9.17) is 13.6 Å². The van der Waals surface area contributed by atoms with E-state index in [1.807, 2.05) is 59.2 Å². The molecule has 8 nitrogen and oxygen atoms in total. The first-order valence-electron chi connectivity index (χ1n) is 9.91. The zero-order valence-corrected chi connectivity index (χ0v) is 18.0. The fourth-order valence-electron chi connectivity index (χ4n) is 3.18. The number of methoxy groups -OCH3 is 1. The fraction of sp³-hybridized carbons (Fsp3) is 0.130. The summed E-state index contributed by atoms with van der Waals surface area (Å²) in [6, 6.07) is 21.4. The normalized spacial score (nSPS) is 11.0. The Bertz CT molecular complexity index is 1280. The molecule has 0 aliphatic rings. The van der Waals surface area contributed by atoms with Crippen molar-refractivity contribution in [2.45, 2.75) is 17.5 Å². The van der Waals surface area contributed by atoms with Crippen LogP contribution < -0.4 is 4.74 Å². The number of furan rings is 1. The highest BCUT2D eigenvalue weighted by Crippen LogP contribution is 2.28. The third-order valence-electron chi connectivity index (χ3n) is 4.77. The second-order valence-electron chi connectivity index (χ2n) is 6.87. The van der Waals surface area contributed by atoms with Gasteiger partial charge in [0.05, 0.1) is 25.7 Å². The van der Waals surface area contributed by atoms with Gasteiger partial charge in [-0.2, -0.15) is 0 Å². The Morgan fingerprint density at radius 1 is 0.906 bits per heavy atom. The van der Waals surface area contributed by atoms with Crippen LogP contribution in [0.4, 0.5) is 0 Å². The van der Waals surface area contributed by atoms with Gasteiger partial charge in [-0.1, -0.05) is 42.1 Å². The van der Waals surface area contributed by atoms with Gasteiger partial charge in [0.25, 0.3) is 0 Å². The molecule has 0 aliphatic heterocycles. The third-order valence-corrected chi connectivity index (χ3v) is 5.72. The number of rotatable bonds is 8. The maximum atomic E-state index is 5.84. The number of ether oxygens (including phenoxy) is 1. The number of hydrogen-bond donors (Lipinski definition) is 0. The summed E-state index contributed by atoms with van der Waals surface area (Å²) in [5, 5.41) is 17.8. The number of benzene rings is 2. The maximum Gasteiger partial charge on any atom is 0.247 e. The van der Waals surface area contributed by atoms with Crippen molar-refractivity contribution in [2.24, 2.45) is 0 Å². The first-order valence-corrected chi connectivity index (χ1v) is 10.9. The zero-order chi connectivity index (χ0) is 21.8. The Labute approximate surface area is 188 Å². The van der Waals surface area contributed by atoms with Crippen molar-refractivity contribution in [1.29, 1.82) is 0 Å². The number of aromatic nitrogens is 5. The molecule has 0 amide bonds. The molecule has 5 rings (SSSR count). The molecule has 0 radical (unpaired) electrons. The van der Waals surface area contributed by atoms with Gasteiger partial charge in [-0.3, -0.25) is 4.57 Å². The highest BCUT2D eigenvalue weighted by molar-refractivity contribution is 7.98. The van der Waals surface area contributed by atoms with Gasteiger partial charge >= 0.3 is 0 Å². The van der Waals surface area contributed by atoms with E-state index in [1.165, 1.54) is 11.8 Å². The minimum atomic E-state index is 0.463. The molecule has 9 heteroatoms. The Kier molecular flexibility index (Phi) is 5.71. The van der Waals surface area contributed by atoms with E-state index in [-0.39, 0.29) is 0 Å². The van der Waals surface area contributed by atoms with Gasteiger partial charge in [0.15, 0.2) is 10.9 Å². The second-order valence-corrected chi connectivity index (χ2v) is 7.82. The molecule has 3 aromatic heterocycles. The van der Waals surface area contributed by atoms with Gasteiger partial charge < -0.3 is 13.6 Å². The summed E-state index contributed by atoms with van der Waals surface area (Å²) in [4.78, 5) is 0. The number of hydrogen-bond acceptors (Lipinski definition) is 8. The molecule has 0 aliphatic carbocycles. The zero-order valence-electron chi connectivity index (χ0n) is 17.2. The third kappa shape index (κ3) is 4.28. The van der Waals surface area contributed by atoms with Crippen LogP contribution in [0, 0.1) is 0 Å². The van der Waals surface area contributed by atoms with E-state index in [2.05, 4.69) is 32.5 Å². The van der Waals surface area contributed by atoms with Gasteiger partial charge in [-0.05, 0) is 42.0 Å². The van der Waals surface area contributed by atoms with Crippen molar-refractivity contribution >= 4 is 11.8 Å².